The minimum Gasteiger partial charge on any atom is -0.295 e. The van der Waals surface area contributed by atoms with Crippen LogP contribution in [0.5, 0.6) is 0 Å². The summed E-state index contributed by atoms with van der Waals surface area (Å²) in [4.78, 5) is 11.4. The Kier molecular flexibility index (Phi) is 3.72. The van der Waals surface area contributed by atoms with Crippen LogP contribution in [0, 0.1) is 0 Å². The monoisotopic (exact) mass is 218 g/mol. The maximum atomic E-state index is 12.3. The van der Waals surface area contributed by atoms with Crippen LogP contribution in [0.4, 0.5) is 13.2 Å². The number of carbonyl (C=O) groups excluding carboxylic acids is 1. The molecular formula is C11H13F3O. The molecule has 0 radical (unpaired) electrons. The predicted molar refractivity (Wildman–Crippen MR) is 51.4 cm³/mol. The zero-order valence-corrected chi connectivity index (χ0v) is 8.53. The zero-order valence-electron chi connectivity index (χ0n) is 8.53. The van der Waals surface area contributed by atoms with Gasteiger partial charge in [-0.05, 0) is 30.9 Å². The second-order valence-corrected chi connectivity index (χ2v) is 3.54. The summed E-state index contributed by atoms with van der Waals surface area (Å²) in [5.41, 5.74) is -0.375. The molecule has 84 valence electrons. The molecule has 0 aliphatic heterocycles. The maximum absolute atomic E-state index is 12.3. The van der Waals surface area contributed by atoms with E-state index in [2.05, 4.69) is 0 Å². The van der Waals surface area contributed by atoms with E-state index in [-0.39, 0.29) is 5.78 Å². The molecule has 1 nitrogen and oxygen atoms in total. The zero-order chi connectivity index (χ0) is 11.5. The van der Waals surface area contributed by atoms with Crippen molar-refractivity contribution in [2.24, 2.45) is 0 Å². The average molecular weight is 218 g/mol. The molecule has 0 aromatic carbocycles. The molecule has 0 heterocycles. The van der Waals surface area contributed by atoms with Crippen LogP contribution in [-0.4, -0.2) is 12.0 Å². The van der Waals surface area contributed by atoms with E-state index in [1.54, 1.807) is 0 Å². The lowest BCUT2D eigenvalue weighted by Gasteiger charge is -2.15. The van der Waals surface area contributed by atoms with Gasteiger partial charge in [0.2, 0.25) is 0 Å². The van der Waals surface area contributed by atoms with Gasteiger partial charge in [-0.1, -0.05) is 13.0 Å². The molecule has 0 fully saturated rings. The number of halogens is 3. The van der Waals surface area contributed by atoms with Crippen LogP contribution in [0.3, 0.4) is 0 Å². The van der Waals surface area contributed by atoms with Gasteiger partial charge in [-0.15, -0.1) is 0 Å². The lowest BCUT2D eigenvalue weighted by atomic mass is 9.94. The molecule has 0 aromatic heterocycles. The Hall–Kier alpha value is -1.06. The molecule has 0 saturated heterocycles. The Morgan fingerprint density at radius 3 is 2.67 bits per heavy atom. The molecule has 15 heavy (non-hydrogen) atoms. The van der Waals surface area contributed by atoms with Gasteiger partial charge < -0.3 is 0 Å². The Morgan fingerprint density at radius 1 is 1.47 bits per heavy atom. The summed E-state index contributed by atoms with van der Waals surface area (Å²) in [7, 11) is 0. The smallest absolute Gasteiger partial charge is 0.295 e. The molecule has 0 amide bonds. The van der Waals surface area contributed by atoms with Crippen molar-refractivity contribution >= 4 is 5.78 Å². The van der Waals surface area contributed by atoms with Crippen LogP contribution in [0.25, 0.3) is 0 Å². The minimum absolute atomic E-state index is 0.160. The fraction of sp³-hybridized carbons (Fsp3) is 0.545. The molecule has 0 atom stereocenters. The highest BCUT2D eigenvalue weighted by atomic mass is 19.4. The summed E-state index contributed by atoms with van der Waals surface area (Å²) >= 11 is 0. The first-order valence-electron chi connectivity index (χ1n) is 4.96. The van der Waals surface area contributed by atoms with Crippen LogP contribution in [0.15, 0.2) is 23.3 Å². The van der Waals surface area contributed by atoms with E-state index in [4.69, 9.17) is 0 Å². The SMILES string of the molecule is CCCC(=O)C1=CC(C(F)(F)F)=CCC1. The van der Waals surface area contributed by atoms with Crippen molar-refractivity contribution in [2.45, 2.75) is 38.8 Å². The average Bonchev–Trinajstić information content (AvgIpc) is 2.17. The third-order valence-corrected chi connectivity index (χ3v) is 2.27. The first-order chi connectivity index (χ1) is 6.95. The van der Waals surface area contributed by atoms with Crippen LogP contribution >= 0.6 is 0 Å². The third-order valence-electron chi connectivity index (χ3n) is 2.27. The molecule has 0 aromatic rings. The molecule has 1 aliphatic carbocycles. The van der Waals surface area contributed by atoms with E-state index >= 15 is 0 Å². The molecule has 0 spiro atoms. The summed E-state index contributed by atoms with van der Waals surface area (Å²) in [6.45, 7) is 1.84. The number of Topliss-reactive ketones (excluding diaryl/α,β-unsaturated/α-hetero) is 1. The Balaban J connectivity index is 2.81. The van der Waals surface area contributed by atoms with E-state index < -0.39 is 11.7 Å². The highest BCUT2D eigenvalue weighted by Gasteiger charge is 2.33. The molecule has 1 rings (SSSR count). The van der Waals surface area contributed by atoms with E-state index in [0.717, 1.165) is 12.2 Å². The van der Waals surface area contributed by atoms with Crippen LogP contribution in [0.2, 0.25) is 0 Å². The van der Waals surface area contributed by atoms with E-state index in [9.17, 15) is 18.0 Å². The molecule has 0 saturated carbocycles. The van der Waals surface area contributed by atoms with Gasteiger partial charge in [0.1, 0.15) is 0 Å². The van der Waals surface area contributed by atoms with Crippen molar-refractivity contribution in [3.8, 4) is 0 Å². The lowest BCUT2D eigenvalue weighted by molar-refractivity contribution is -0.115. The lowest BCUT2D eigenvalue weighted by Crippen LogP contribution is -2.15. The molecule has 4 heteroatoms. The number of allylic oxidation sites excluding steroid dienone is 4. The summed E-state index contributed by atoms with van der Waals surface area (Å²) in [5, 5.41) is 0. The van der Waals surface area contributed by atoms with Gasteiger partial charge in [-0.2, -0.15) is 13.2 Å². The van der Waals surface area contributed by atoms with Crippen molar-refractivity contribution in [1.82, 2.24) is 0 Å². The molecule has 0 bridgehead atoms. The second-order valence-electron chi connectivity index (χ2n) is 3.54. The summed E-state index contributed by atoms with van der Waals surface area (Å²) in [6.07, 6.45) is -0.477. The first kappa shape index (κ1) is 12.0. The topological polar surface area (TPSA) is 17.1 Å². The van der Waals surface area contributed by atoms with Crippen molar-refractivity contribution in [3.63, 3.8) is 0 Å². The summed E-state index contributed by atoms with van der Waals surface area (Å²) < 4.78 is 37.0. The number of hydrogen-bond acceptors (Lipinski definition) is 1. The van der Waals surface area contributed by atoms with Crippen molar-refractivity contribution in [3.05, 3.63) is 23.3 Å². The molecule has 0 unspecified atom stereocenters. The minimum atomic E-state index is -4.34. The number of alkyl halides is 3. The fourth-order valence-electron chi connectivity index (χ4n) is 1.51. The third kappa shape index (κ3) is 3.22. The summed E-state index contributed by atoms with van der Waals surface area (Å²) in [6, 6.07) is 0. The first-order valence-corrected chi connectivity index (χ1v) is 4.96. The van der Waals surface area contributed by atoms with Crippen LogP contribution in [-0.2, 0) is 4.79 Å². The van der Waals surface area contributed by atoms with Gasteiger partial charge in [0.25, 0.3) is 0 Å². The van der Waals surface area contributed by atoms with Gasteiger partial charge in [-0.25, -0.2) is 0 Å². The Morgan fingerprint density at radius 2 is 2.13 bits per heavy atom. The van der Waals surface area contributed by atoms with Crippen molar-refractivity contribution < 1.29 is 18.0 Å². The van der Waals surface area contributed by atoms with Gasteiger partial charge in [-0.3, -0.25) is 4.79 Å². The van der Waals surface area contributed by atoms with E-state index in [1.165, 1.54) is 0 Å². The quantitative estimate of drug-likeness (QED) is 0.707. The van der Waals surface area contributed by atoms with E-state index in [0.29, 0.717) is 31.3 Å². The largest absolute Gasteiger partial charge is 0.416 e. The number of carbonyl (C=O) groups is 1. The molecule has 0 N–H and O–H groups in total. The van der Waals surface area contributed by atoms with Crippen LogP contribution in [0.1, 0.15) is 32.6 Å². The van der Waals surface area contributed by atoms with Gasteiger partial charge >= 0.3 is 6.18 Å². The van der Waals surface area contributed by atoms with E-state index in [1.807, 2.05) is 6.92 Å². The van der Waals surface area contributed by atoms with Crippen molar-refractivity contribution in [1.29, 1.82) is 0 Å². The number of rotatable bonds is 3. The normalized spacial score (nSPS) is 17.1. The molecule has 1 aliphatic rings. The van der Waals surface area contributed by atoms with Gasteiger partial charge in [0, 0.05) is 6.42 Å². The highest BCUT2D eigenvalue weighted by Crippen LogP contribution is 2.32. The van der Waals surface area contributed by atoms with Crippen LogP contribution < -0.4 is 0 Å². The molecular weight excluding hydrogens is 205 g/mol. The van der Waals surface area contributed by atoms with Crippen molar-refractivity contribution in [2.75, 3.05) is 0 Å². The second kappa shape index (κ2) is 4.64. The highest BCUT2D eigenvalue weighted by molar-refractivity contribution is 5.96. The Labute approximate surface area is 86.7 Å². The Bertz CT molecular complexity index is 310. The fourth-order valence-corrected chi connectivity index (χ4v) is 1.51. The number of hydrogen-bond donors (Lipinski definition) is 0. The predicted octanol–water partition coefficient (Wildman–Crippen LogP) is 3.56. The maximum Gasteiger partial charge on any atom is 0.416 e. The number of ketones is 1. The van der Waals surface area contributed by atoms with Gasteiger partial charge in [0.05, 0.1) is 5.57 Å². The standard InChI is InChI=1S/C11H13F3O/c1-2-4-10(15)8-5-3-6-9(7-8)11(12,13)14/h6-7H,2-5H2,1H3. The van der Waals surface area contributed by atoms with Gasteiger partial charge in [0.15, 0.2) is 5.78 Å². The summed E-state index contributed by atoms with van der Waals surface area (Å²) in [5.74, 6) is -0.160.